The van der Waals surface area contributed by atoms with Gasteiger partial charge in [-0.1, -0.05) is 19.1 Å². The second kappa shape index (κ2) is 11.0. The molecule has 2 unspecified atom stereocenters. The van der Waals surface area contributed by atoms with Gasteiger partial charge in [0.2, 0.25) is 15.9 Å². The second-order valence-corrected chi connectivity index (χ2v) is 10.8. The Morgan fingerprint density at radius 2 is 1.88 bits per heavy atom. The van der Waals surface area contributed by atoms with E-state index < -0.39 is 15.9 Å². The molecule has 0 saturated carbocycles. The minimum absolute atomic E-state index is 0.272. The first kappa shape index (κ1) is 25.7. The average molecular weight is 490 g/mol. The summed E-state index contributed by atoms with van der Waals surface area (Å²) in [5.41, 5.74) is 2.41. The molecule has 0 aromatic heterocycles. The number of amides is 1. The van der Waals surface area contributed by atoms with Crippen molar-refractivity contribution in [2.45, 2.75) is 32.7 Å². The minimum Gasteiger partial charge on any atom is -0.497 e. The van der Waals surface area contributed by atoms with Gasteiger partial charge in [0.25, 0.3) is 0 Å². The van der Waals surface area contributed by atoms with Crippen LogP contribution in [0.4, 0.5) is 11.4 Å². The van der Waals surface area contributed by atoms with Crippen molar-refractivity contribution in [2.24, 2.45) is 5.92 Å². The Labute approximate surface area is 202 Å². The minimum atomic E-state index is -3.74. The Morgan fingerprint density at radius 1 is 1.18 bits per heavy atom. The number of ether oxygens (including phenoxy) is 2. The molecule has 0 spiro atoms. The highest BCUT2D eigenvalue weighted by atomic mass is 32.2. The molecule has 0 aliphatic carbocycles. The van der Waals surface area contributed by atoms with Gasteiger partial charge in [-0.3, -0.25) is 9.10 Å². The number of nitrogens with one attached hydrogen (secondary N) is 1. The molecule has 0 bridgehead atoms. The molecule has 34 heavy (non-hydrogen) atoms. The zero-order valence-corrected chi connectivity index (χ0v) is 21.4. The molecule has 1 N–H and O–H groups in total. The van der Waals surface area contributed by atoms with Gasteiger partial charge in [-0.2, -0.15) is 0 Å². The molecule has 1 aliphatic rings. The van der Waals surface area contributed by atoms with E-state index in [4.69, 9.17) is 9.47 Å². The van der Waals surface area contributed by atoms with E-state index in [0.29, 0.717) is 17.4 Å². The van der Waals surface area contributed by atoms with Crippen LogP contribution in [0, 0.1) is 5.92 Å². The third-order valence-corrected chi connectivity index (χ3v) is 7.26. The van der Waals surface area contributed by atoms with Gasteiger partial charge in [0.05, 0.1) is 32.2 Å². The van der Waals surface area contributed by atoms with Crippen LogP contribution in [0.1, 0.15) is 38.3 Å². The number of anilines is 2. The number of piperidine rings is 1. The molecule has 3 rings (SSSR count). The molecular formula is C25H35N3O5S. The Balaban J connectivity index is 1.70. The number of methoxy groups -OCH3 is 2. The van der Waals surface area contributed by atoms with Crippen LogP contribution in [-0.2, 0) is 14.8 Å². The summed E-state index contributed by atoms with van der Waals surface area (Å²) < 4.78 is 36.6. The number of rotatable bonds is 9. The number of carbonyl (C=O) groups excluding carboxylic acids is 1. The van der Waals surface area contributed by atoms with Crippen LogP contribution in [0.25, 0.3) is 0 Å². The zero-order valence-electron chi connectivity index (χ0n) is 20.6. The highest BCUT2D eigenvalue weighted by molar-refractivity contribution is 7.92. The van der Waals surface area contributed by atoms with Gasteiger partial charge < -0.3 is 19.7 Å². The van der Waals surface area contributed by atoms with E-state index in [1.807, 2.05) is 19.1 Å². The summed E-state index contributed by atoms with van der Waals surface area (Å²) in [6.45, 7) is 5.91. The molecule has 9 heteroatoms. The molecule has 8 nitrogen and oxygen atoms in total. The summed E-state index contributed by atoms with van der Waals surface area (Å²) in [5.74, 6) is 1.10. The third-order valence-electron chi connectivity index (χ3n) is 6.14. The van der Waals surface area contributed by atoms with Crippen LogP contribution in [-0.4, -0.2) is 54.4 Å². The summed E-state index contributed by atoms with van der Waals surface area (Å²) in [7, 11) is -0.791. The smallest absolute Gasteiger partial charge is 0.241 e. The lowest BCUT2D eigenvalue weighted by atomic mass is 9.99. The summed E-state index contributed by atoms with van der Waals surface area (Å²) in [4.78, 5) is 15.2. The van der Waals surface area contributed by atoms with Gasteiger partial charge >= 0.3 is 0 Å². The highest BCUT2D eigenvalue weighted by Gasteiger charge is 2.25. The monoisotopic (exact) mass is 489 g/mol. The third kappa shape index (κ3) is 6.34. The van der Waals surface area contributed by atoms with Crippen LogP contribution >= 0.6 is 0 Å². The van der Waals surface area contributed by atoms with Crippen LogP contribution in [0.15, 0.2) is 42.5 Å². The average Bonchev–Trinajstić information content (AvgIpc) is 2.81. The SMILES string of the molecule is COc1ccc(N(CC(=O)NC(C)c2ccc(N3CCCC(C)C3)cc2)S(C)(=O)=O)c(OC)c1. The lowest BCUT2D eigenvalue weighted by Gasteiger charge is -2.33. The Bertz CT molecular complexity index is 1090. The number of benzene rings is 2. The van der Waals surface area contributed by atoms with Crippen molar-refractivity contribution >= 4 is 27.3 Å². The summed E-state index contributed by atoms with van der Waals surface area (Å²) >= 11 is 0. The summed E-state index contributed by atoms with van der Waals surface area (Å²) in [6.07, 6.45) is 3.53. The van der Waals surface area contributed by atoms with Crippen molar-refractivity contribution in [3.05, 3.63) is 48.0 Å². The molecule has 1 saturated heterocycles. The Morgan fingerprint density at radius 3 is 2.47 bits per heavy atom. The van der Waals surface area contributed by atoms with Crippen LogP contribution in [0.2, 0.25) is 0 Å². The van der Waals surface area contributed by atoms with E-state index >= 15 is 0 Å². The maximum absolute atomic E-state index is 12.8. The predicted molar refractivity (Wildman–Crippen MR) is 135 cm³/mol. The van der Waals surface area contributed by atoms with Crippen LogP contribution in [0.5, 0.6) is 11.5 Å². The first-order valence-electron chi connectivity index (χ1n) is 11.5. The topological polar surface area (TPSA) is 88.2 Å². The molecule has 1 amide bonds. The number of nitrogens with zero attached hydrogens (tertiary/aromatic N) is 2. The van der Waals surface area contributed by atoms with Crippen molar-refractivity contribution in [3.8, 4) is 11.5 Å². The van der Waals surface area contributed by atoms with Gasteiger partial charge in [-0.05, 0) is 55.5 Å². The van der Waals surface area contributed by atoms with E-state index in [9.17, 15) is 13.2 Å². The molecule has 1 fully saturated rings. The van der Waals surface area contributed by atoms with Crippen LogP contribution < -0.4 is 24.0 Å². The van der Waals surface area contributed by atoms with Crippen molar-refractivity contribution < 1.29 is 22.7 Å². The molecule has 2 aromatic rings. The Hall–Kier alpha value is -2.94. The van der Waals surface area contributed by atoms with Gasteiger partial charge in [0, 0.05) is 24.8 Å². The summed E-state index contributed by atoms with van der Waals surface area (Å²) in [6, 6.07) is 12.7. The van der Waals surface area contributed by atoms with Crippen molar-refractivity contribution in [1.29, 1.82) is 0 Å². The molecular weight excluding hydrogens is 454 g/mol. The molecule has 1 aliphatic heterocycles. The lowest BCUT2D eigenvalue weighted by molar-refractivity contribution is -0.120. The standard InChI is InChI=1S/C25H35N3O5S/c1-18-7-6-14-27(16-18)21-10-8-20(9-11-21)19(2)26-25(29)17-28(34(5,30)31)23-13-12-22(32-3)15-24(23)33-4/h8-13,15,18-19H,6-7,14,16-17H2,1-5H3,(H,26,29). The molecule has 186 valence electrons. The van der Waals surface area contributed by atoms with Gasteiger partial charge in [0.15, 0.2) is 0 Å². The summed E-state index contributed by atoms with van der Waals surface area (Å²) in [5, 5.41) is 2.91. The molecule has 2 aromatic carbocycles. The van der Waals surface area contributed by atoms with Gasteiger partial charge in [-0.15, -0.1) is 0 Å². The number of carbonyl (C=O) groups is 1. The van der Waals surface area contributed by atoms with E-state index in [0.717, 1.165) is 29.2 Å². The van der Waals surface area contributed by atoms with E-state index in [1.165, 1.54) is 32.7 Å². The van der Waals surface area contributed by atoms with Gasteiger partial charge in [0.1, 0.15) is 18.0 Å². The maximum atomic E-state index is 12.8. The van der Waals surface area contributed by atoms with Crippen molar-refractivity contribution in [2.75, 3.05) is 49.3 Å². The Kier molecular flexibility index (Phi) is 8.30. The first-order valence-corrected chi connectivity index (χ1v) is 13.3. The second-order valence-electron chi connectivity index (χ2n) is 8.88. The zero-order chi connectivity index (χ0) is 24.9. The number of sulfonamides is 1. The highest BCUT2D eigenvalue weighted by Crippen LogP contribution is 2.33. The number of hydrogen-bond donors (Lipinski definition) is 1. The first-order chi connectivity index (χ1) is 16.1. The largest absolute Gasteiger partial charge is 0.497 e. The van der Waals surface area contributed by atoms with E-state index in [1.54, 1.807) is 18.2 Å². The molecule has 1 heterocycles. The number of hydrogen-bond acceptors (Lipinski definition) is 6. The fourth-order valence-corrected chi connectivity index (χ4v) is 5.13. The molecule has 0 radical (unpaired) electrons. The quantitative estimate of drug-likeness (QED) is 0.579. The molecule has 2 atom stereocenters. The predicted octanol–water partition coefficient (Wildman–Crippen LogP) is 3.58. The lowest BCUT2D eigenvalue weighted by Crippen LogP contribution is -2.41. The van der Waals surface area contributed by atoms with Crippen molar-refractivity contribution in [1.82, 2.24) is 5.32 Å². The maximum Gasteiger partial charge on any atom is 0.241 e. The van der Waals surface area contributed by atoms with E-state index in [-0.39, 0.29) is 18.3 Å². The fourth-order valence-electron chi connectivity index (χ4n) is 4.27. The normalized spacial score (nSPS) is 17.1. The fraction of sp³-hybridized carbons (Fsp3) is 0.480. The van der Waals surface area contributed by atoms with E-state index in [2.05, 4.69) is 29.3 Å². The van der Waals surface area contributed by atoms with Crippen molar-refractivity contribution in [3.63, 3.8) is 0 Å². The van der Waals surface area contributed by atoms with Gasteiger partial charge in [-0.25, -0.2) is 8.42 Å². The van der Waals surface area contributed by atoms with Crippen LogP contribution in [0.3, 0.4) is 0 Å².